The highest BCUT2D eigenvalue weighted by Crippen LogP contribution is 2.53. The predicted octanol–water partition coefficient (Wildman–Crippen LogP) is 3.09. The number of hydrogen-bond acceptors (Lipinski definition) is 5. The van der Waals surface area contributed by atoms with Crippen molar-refractivity contribution in [1.29, 1.82) is 0 Å². The van der Waals surface area contributed by atoms with Gasteiger partial charge in [-0.1, -0.05) is 6.07 Å². The molecule has 3 aliphatic rings. The Labute approximate surface area is 195 Å². The Balaban J connectivity index is 1.16. The third-order valence-electron chi connectivity index (χ3n) is 7.35. The molecule has 0 radical (unpaired) electrons. The third kappa shape index (κ3) is 4.27. The third-order valence-corrected chi connectivity index (χ3v) is 8.53. The molecule has 12 heteroatoms. The number of nitrogens with zero attached hydrogens (tertiary/aromatic N) is 4. The summed E-state index contributed by atoms with van der Waals surface area (Å²) < 4.78 is 63.4. The number of benzene rings is 1. The van der Waals surface area contributed by atoms with Gasteiger partial charge in [0.15, 0.2) is 9.84 Å². The fourth-order valence-corrected chi connectivity index (χ4v) is 6.76. The first kappa shape index (κ1) is 23.1. The SMILES string of the molecule is CS(=O)(=O)c1cc(C(F)(F)F)ccc1CC1CC2(C1)CN(C(=O)N1CC[C@H](c3ncn[nH]3)C1)C2. The van der Waals surface area contributed by atoms with E-state index >= 15 is 0 Å². The van der Waals surface area contributed by atoms with E-state index in [1.807, 2.05) is 9.80 Å². The zero-order valence-corrected chi connectivity index (χ0v) is 19.5. The van der Waals surface area contributed by atoms with Crippen LogP contribution < -0.4 is 0 Å². The Hall–Kier alpha value is -2.63. The number of H-pyrrole nitrogens is 1. The number of alkyl halides is 3. The van der Waals surface area contributed by atoms with Crippen molar-refractivity contribution in [2.75, 3.05) is 32.4 Å². The molecule has 184 valence electrons. The smallest absolute Gasteiger partial charge is 0.324 e. The average molecular weight is 498 g/mol. The Morgan fingerprint density at radius 2 is 1.97 bits per heavy atom. The highest BCUT2D eigenvalue weighted by atomic mass is 32.2. The van der Waals surface area contributed by atoms with Gasteiger partial charge in [-0.3, -0.25) is 5.10 Å². The summed E-state index contributed by atoms with van der Waals surface area (Å²) in [7, 11) is -3.79. The van der Waals surface area contributed by atoms with E-state index in [1.165, 1.54) is 12.4 Å². The first-order chi connectivity index (χ1) is 15.9. The highest BCUT2D eigenvalue weighted by molar-refractivity contribution is 7.90. The van der Waals surface area contributed by atoms with Gasteiger partial charge in [-0.15, -0.1) is 0 Å². The van der Waals surface area contributed by atoms with Gasteiger partial charge < -0.3 is 9.80 Å². The molecule has 1 aromatic heterocycles. The van der Waals surface area contributed by atoms with Gasteiger partial charge in [-0.05, 0) is 49.3 Å². The number of amides is 2. The number of sulfone groups is 1. The largest absolute Gasteiger partial charge is 0.416 e. The molecular weight excluding hydrogens is 471 g/mol. The van der Waals surface area contributed by atoms with Crippen LogP contribution in [0.15, 0.2) is 29.4 Å². The lowest BCUT2D eigenvalue weighted by Gasteiger charge is -2.59. The van der Waals surface area contributed by atoms with Gasteiger partial charge in [-0.25, -0.2) is 18.2 Å². The van der Waals surface area contributed by atoms with Crippen molar-refractivity contribution in [3.05, 3.63) is 41.5 Å². The number of likely N-dealkylation sites (tertiary alicyclic amines) is 2. The van der Waals surface area contributed by atoms with Crippen molar-refractivity contribution >= 4 is 15.9 Å². The van der Waals surface area contributed by atoms with Crippen LogP contribution in [-0.4, -0.2) is 71.9 Å². The number of urea groups is 1. The van der Waals surface area contributed by atoms with E-state index in [1.54, 1.807) is 0 Å². The number of aromatic amines is 1. The normalized spacial score (nSPS) is 22.6. The second-order valence-electron chi connectivity index (χ2n) is 10.0. The van der Waals surface area contributed by atoms with Crippen molar-refractivity contribution in [3.8, 4) is 0 Å². The lowest BCUT2D eigenvalue weighted by atomic mass is 9.56. The van der Waals surface area contributed by atoms with Crippen LogP contribution in [0, 0.1) is 11.3 Å². The van der Waals surface area contributed by atoms with Gasteiger partial charge in [0.25, 0.3) is 0 Å². The average Bonchev–Trinajstić information content (AvgIpc) is 3.38. The number of halogens is 3. The maximum Gasteiger partial charge on any atom is 0.416 e. The Bertz CT molecular complexity index is 1180. The van der Waals surface area contributed by atoms with Crippen LogP contribution in [0.5, 0.6) is 0 Å². The molecule has 3 fully saturated rings. The van der Waals surface area contributed by atoms with Crippen LogP contribution in [0.1, 0.15) is 42.1 Å². The van der Waals surface area contributed by atoms with Gasteiger partial charge in [0.05, 0.1) is 10.5 Å². The zero-order chi connectivity index (χ0) is 24.3. The predicted molar refractivity (Wildman–Crippen MR) is 116 cm³/mol. The molecule has 0 bridgehead atoms. The molecule has 8 nitrogen and oxygen atoms in total. The number of carbonyl (C=O) groups is 1. The van der Waals surface area contributed by atoms with Crippen molar-refractivity contribution in [2.24, 2.45) is 11.3 Å². The minimum absolute atomic E-state index is 0.0261. The fourth-order valence-electron chi connectivity index (χ4n) is 5.79. The first-order valence-electron chi connectivity index (χ1n) is 11.2. The first-order valence-corrected chi connectivity index (χ1v) is 13.1. The Morgan fingerprint density at radius 3 is 2.59 bits per heavy atom. The molecule has 1 aromatic carbocycles. The lowest BCUT2D eigenvalue weighted by Crippen LogP contribution is -2.65. The molecule has 2 saturated heterocycles. The van der Waals surface area contributed by atoms with Gasteiger partial charge in [0, 0.05) is 43.8 Å². The molecule has 2 aromatic rings. The van der Waals surface area contributed by atoms with Crippen LogP contribution >= 0.6 is 0 Å². The number of hydrogen-bond donors (Lipinski definition) is 1. The molecule has 2 amide bonds. The number of nitrogens with one attached hydrogen (secondary N) is 1. The van der Waals surface area contributed by atoms with Gasteiger partial charge >= 0.3 is 12.2 Å². The van der Waals surface area contributed by atoms with Crippen LogP contribution in [0.2, 0.25) is 0 Å². The van der Waals surface area contributed by atoms with Crippen molar-refractivity contribution < 1.29 is 26.4 Å². The highest BCUT2D eigenvalue weighted by Gasteiger charge is 2.54. The van der Waals surface area contributed by atoms with E-state index in [-0.39, 0.29) is 28.2 Å². The van der Waals surface area contributed by atoms with E-state index in [9.17, 15) is 26.4 Å². The van der Waals surface area contributed by atoms with Gasteiger partial charge in [-0.2, -0.15) is 18.3 Å². The summed E-state index contributed by atoms with van der Waals surface area (Å²) in [5.74, 6) is 1.16. The molecule has 1 atom stereocenters. The quantitative estimate of drug-likeness (QED) is 0.700. The molecule has 34 heavy (non-hydrogen) atoms. The fraction of sp³-hybridized carbons (Fsp3) is 0.591. The van der Waals surface area contributed by atoms with Gasteiger partial charge in [0.2, 0.25) is 0 Å². The van der Waals surface area contributed by atoms with Crippen LogP contribution in [-0.2, 0) is 22.4 Å². The van der Waals surface area contributed by atoms with Crippen LogP contribution in [0.3, 0.4) is 0 Å². The second-order valence-corrected chi connectivity index (χ2v) is 12.0. The molecule has 1 spiro atoms. The molecule has 1 aliphatic carbocycles. The summed E-state index contributed by atoms with van der Waals surface area (Å²) in [5.41, 5.74) is -0.484. The van der Waals surface area contributed by atoms with Crippen molar-refractivity contribution in [2.45, 2.75) is 42.7 Å². The summed E-state index contributed by atoms with van der Waals surface area (Å²) in [5, 5.41) is 6.74. The molecule has 3 heterocycles. The topological polar surface area (TPSA) is 99.3 Å². The van der Waals surface area contributed by atoms with E-state index in [0.29, 0.717) is 38.2 Å². The van der Waals surface area contributed by atoms with Crippen LogP contribution in [0.4, 0.5) is 18.0 Å². The molecule has 0 unspecified atom stereocenters. The summed E-state index contributed by atoms with van der Waals surface area (Å²) >= 11 is 0. The molecule has 1 saturated carbocycles. The van der Waals surface area contributed by atoms with Crippen molar-refractivity contribution in [1.82, 2.24) is 25.0 Å². The van der Waals surface area contributed by atoms with Gasteiger partial charge in [0.1, 0.15) is 12.2 Å². The second kappa shape index (κ2) is 7.96. The molecule has 1 N–H and O–H groups in total. The maximum atomic E-state index is 13.1. The number of aromatic nitrogens is 3. The lowest BCUT2D eigenvalue weighted by molar-refractivity contribution is -0.137. The monoisotopic (exact) mass is 497 g/mol. The maximum absolute atomic E-state index is 13.1. The van der Waals surface area contributed by atoms with E-state index in [0.717, 1.165) is 43.5 Å². The summed E-state index contributed by atoms with van der Waals surface area (Å²) in [4.78, 5) is 20.5. The standard InChI is InChI=1S/C22H26F3N5O3S/c1-34(32,33)18-7-17(22(23,24)25)3-2-15(18)6-14-8-21(9-14)11-30(12-21)20(31)29-5-4-16(10-29)19-26-13-27-28-19/h2-3,7,13-14,16H,4-6,8-12H2,1H3,(H,26,27,28)/t16-/m0/s1. The molecular formula is C22H26F3N5O3S. The summed E-state index contributed by atoms with van der Waals surface area (Å²) in [6.07, 6.45) is 0.748. The number of carbonyl (C=O) groups excluding carboxylic acids is 1. The van der Waals surface area contributed by atoms with E-state index in [2.05, 4.69) is 15.2 Å². The minimum Gasteiger partial charge on any atom is -0.324 e. The Morgan fingerprint density at radius 1 is 1.24 bits per heavy atom. The zero-order valence-electron chi connectivity index (χ0n) is 18.7. The van der Waals surface area contributed by atoms with E-state index < -0.39 is 21.6 Å². The number of rotatable bonds is 4. The minimum atomic E-state index is -4.59. The molecule has 2 aliphatic heterocycles. The van der Waals surface area contributed by atoms with Crippen molar-refractivity contribution in [3.63, 3.8) is 0 Å². The van der Waals surface area contributed by atoms with E-state index in [4.69, 9.17) is 0 Å². The summed E-state index contributed by atoms with van der Waals surface area (Å²) in [6.45, 7) is 2.62. The summed E-state index contributed by atoms with van der Waals surface area (Å²) in [6, 6.07) is 3.01. The van der Waals surface area contributed by atoms with Crippen LogP contribution in [0.25, 0.3) is 0 Å². The Kier molecular flexibility index (Phi) is 5.41. The molecule has 5 rings (SSSR count).